The molecule has 0 fully saturated rings. The van der Waals surface area contributed by atoms with E-state index in [4.69, 9.17) is 28.4 Å². The van der Waals surface area contributed by atoms with Gasteiger partial charge in [-0.25, -0.2) is 0 Å². The molecule has 3 aromatic carbocycles. The molecule has 0 N–H and O–H groups in total. The van der Waals surface area contributed by atoms with Crippen LogP contribution in [0.15, 0.2) is 72.8 Å². The van der Waals surface area contributed by atoms with Crippen LogP contribution in [0.25, 0.3) is 0 Å². The smallest absolute Gasteiger partial charge is 0.161 e. The number of para-hydroxylation sites is 2. The predicted octanol–water partition coefficient (Wildman–Crippen LogP) is 4.26. The molecule has 0 aliphatic carbocycles. The normalized spacial score (nSPS) is 10.4. The van der Waals surface area contributed by atoms with Gasteiger partial charge in [0.15, 0.2) is 11.5 Å². The summed E-state index contributed by atoms with van der Waals surface area (Å²) in [6.45, 7) is 3.19. The number of ether oxygens (including phenoxy) is 6. The van der Waals surface area contributed by atoms with Crippen LogP contribution < -0.4 is 18.9 Å². The minimum absolute atomic E-state index is 0.371. The quantitative estimate of drug-likeness (QED) is 0.191. The summed E-state index contributed by atoms with van der Waals surface area (Å²) in [4.78, 5) is 21.3. The number of rotatable bonds is 18. The molecule has 0 saturated carbocycles. The molecule has 8 heteroatoms. The Morgan fingerprint density at radius 1 is 0.444 bits per heavy atom. The summed E-state index contributed by atoms with van der Waals surface area (Å²) in [7, 11) is 0. The first-order chi connectivity index (χ1) is 17.8. The van der Waals surface area contributed by atoms with Crippen molar-refractivity contribution in [2.75, 3.05) is 52.9 Å². The van der Waals surface area contributed by atoms with Crippen LogP contribution in [0.2, 0.25) is 0 Å². The van der Waals surface area contributed by atoms with Gasteiger partial charge in [-0.15, -0.1) is 0 Å². The molecule has 0 atom stereocenters. The van der Waals surface area contributed by atoms with E-state index in [1.165, 1.54) is 0 Å². The zero-order valence-corrected chi connectivity index (χ0v) is 20.0. The minimum atomic E-state index is 0.371. The molecular formula is C28H30O8. The molecule has 0 aliphatic rings. The van der Waals surface area contributed by atoms with E-state index in [1.54, 1.807) is 48.5 Å². The van der Waals surface area contributed by atoms with Crippen molar-refractivity contribution in [2.45, 2.75) is 0 Å². The monoisotopic (exact) mass is 494 g/mol. The second-order valence-electron chi connectivity index (χ2n) is 7.44. The van der Waals surface area contributed by atoms with Crippen molar-refractivity contribution in [3.8, 4) is 23.0 Å². The van der Waals surface area contributed by atoms with Gasteiger partial charge in [0.25, 0.3) is 0 Å². The summed E-state index contributed by atoms with van der Waals surface area (Å²) in [6, 6.07) is 21.2. The fraction of sp³-hybridized carbons (Fsp3) is 0.286. The molecule has 0 aromatic heterocycles. The topological polar surface area (TPSA) is 89.5 Å². The highest BCUT2D eigenvalue weighted by molar-refractivity contribution is 5.75. The molecule has 3 rings (SSSR count). The van der Waals surface area contributed by atoms with Gasteiger partial charge in [-0.2, -0.15) is 0 Å². The van der Waals surface area contributed by atoms with Gasteiger partial charge in [-0.1, -0.05) is 12.1 Å². The lowest BCUT2D eigenvalue weighted by molar-refractivity contribution is 0.0699. The van der Waals surface area contributed by atoms with Crippen molar-refractivity contribution >= 4 is 12.6 Å². The summed E-state index contributed by atoms with van der Waals surface area (Å²) in [5, 5.41) is 0. The average molecular weight is 495 g/mol. The Kier molecular flexibility index (Phi) is 11.8. The Labute approximate surface area is 210 Å². The van der Waals surface area contributed by atoms with Crippen molar-refractivity contribution < 1.29 is 38.0 Å². The van der Waals surface area contributed by atoms with Crippen molar-refractivity contribution in [3.05, 3.63) is 83.9 Å². The number of hydrogen-bond donors (Lipinski definition) is 0. The second-order valence-corrected chi connectivity index (χ2v) is 7.44. The Balaban J connectivity index is 1.23. The van der Waals surface area contributed by atoms with Crippen LogP contribution in [0, 0.1) is 0 Å². The van der Waals surface area contributed by atoms with E-state index in [0.29, 0.717) is 87.0 Å². The van der Waals surface area contributed by atoms with E-state index in [-0.39, 0.29) is 0 Å². The summed E-state index contributed by atoms with van der Waals surface area (Å²) >= 11 is 0. The van der Waals surface area contributed by atoms with Crippen LogP contribution in [0.3, 0.4) is 0 Å². The molecule has 0 saturated heterocycles. The molecule has 0 bridgehead atoms. The molecule has 0 radical (unpaired) electrons. The van der Waals surface area contributed by atoms with Crippen molar-refractivity contribution in [3.63, 3.8) is 0 Å². The van der Waals surface area contributed by atoms with Gasteiger partial charge in [-0.05, 0) is 60.7 Å². The van der Waals surface area contributed by atoms with Gasteiger partial charge in [0.2, 0.25) is 0 Å². The lowest BCUT2D eigenvalue weighted by Gasteiger charge is -2.13. The van der Waals surface area contributed by atoms with Gasteiger partial charge >= 0.3 is 0 Å². The maximum absolute atomic E-state index is 10.7. The van der Waals surface area contributed by atoms with Crippen LogP contribution >= 0.6 is 0 Å². The summed E-state index contributed by atoms with van der Waals surface area (Å²) in [5.74, 6) is 2.64. The van der Waals surface area contributed by atoms with E-state index in [0.717, 1.165) is 12.6 Å². The summed E-state index contributed by atoms with van der Waals surface area (Å²) in [5.41, 5.74) is 1.22. The van der Waals surface area contributed by atoms with Crippen LogP contribution in [0.4, 0.5) is 0 Å². The third-order valence-electron chi connectivity index (χ3n) is 4.84. The number of benzene rings is 3. The molecule has 0 aliphatic heterocycles. The SMILES string of the molecule is O=Cc1ccc(OCCOCCOc2ccccc2OCCOCCOc2ccc(C=O)cc2)cc1. The zero-order chi connectivity index (χ0) is 25.3. The number of carbonyl (C=O) groups excluding carboxylic acids is 2. The zero-order valence-electron chi connectivity index (χ0n) is 20.0. The fourth-order valence-electron chi connectivity index (χ4n) is 3.04. The van der Waals surface area contributed by atoms with Gasteiger partial charge in [-0.3, -0.25) is 9.59 Å². The number of aldehydes is 2. The van der Waals surface area contributed by atoms with Gasteiger partial charge in [0.05, 0.1) is 26.4 Å². The predicted molar refractivity (Wildman–Crippen MR) is 134 cm³/mol. The molecule has 36 heavy (non-hydrogen) atoms. The van der Waals surface area contributed by atoms with Crippen LogP contribution in [-0.2, 0) is 9.47 Å². The second kappa shape index (κ2) is 15.9. The maximum Gasteiger partial charge on any atom is 0.161 e. The van der Waals surface area contributed by atoms with Crippen LogP contribution in [-0.4, -0.2) is 65.4 Å². The van der Waals surface area contributed by atoms with Crippen LogP contribution in [0.1, 0.15) is 20.7 Å². The number of hydrogen-bond acceptors (Lipinski definition) is 8. The first-order valence-corrected chi connectivity index (χ1v) is 11.6. The first kappa shape index (κ1) is 26.7. The van der Waals surface area contributed by atoms with Crippen molar-refractivity contribution in [1.29, 1.82) is 0 Å². The fourth-order valence-corrected chi connectivity index (χ4v) is 3.04. The minimum Gasteiger partial charge on any atom is -0.491 e. The Morgan fingerprint density at radius 3 is 1.17 bits per heavy atom. The third kappa shape index (κ3) is 9.77. The highest BCUT2D eigenvalue weighted by Crippen LogP contribution is 2.26. The molecule has 0 spiro atoms. The highest BCUT2D eigenvalue weighted by atomic mass is 16.6. The van der Waals surface area contributed by atoms with Crippen molar-refractivity contribution in [2.24, 2.45) is 0 Å². The Morgan fingerprint density at radius 2 is 0.806 bits per heavy atom. The molecule has 0 unspecified atom stereocenters. The molecule has 0 heterocycles. The van der Waals surface area contributed by atoms with Gasteiger partial charge < -0.3 is 28.4 Å². The Hall–Kier alpha value is -3.88. The lowest BCUT2D eigenvalue weighted by Crippen LogP contribution is -2.14. The van der Waals surface area contributed by atoms with Crippen LogP contribution in [0.5, 0.6) is 23.0 Å². The van der Waals surface area contributed by atoms with Gasteiger partial charge in [0, 0.05) is 11.1 Å². The molecule has 8 nitrogen and oxygen atoms in total. The molecule has 0 amide bonds. The van der Waals surface area contributed by atoms with Crippen molar-refractivity contribution in [1.82, 2.24) is 0 Å². The van der Waals surface area contributed by atoms with E-state index >= 15 is 0 Å². The molecule has 190 valence electrons. The largest absolute Gasteiger partial charge is 0.491 e. The molecular weight excluding hydrogens is 464 g/mol. The summed E-state index contributed by atoms with van der Waals surface area (Å²) < 4.78 is 33.8. The maximum atomic E-state index is 10.7. The highest BCUT2D eigenvalue weighted by Gasteiger charge is 2.04. The van der Waals surface area contributed by atoms with E-state index < -0.39 is 0 Å². The first-order valence-electron chi connectivity index (χ1n) is 11.6. The Bertz CT molecular complexity index is 950. The summed E-state index contributed by atoms with van der Waals surface area (Å²) in [6.07, 6.45) is 1.59. The van der Waals surface area contributed by atoms with E-state index in [9.17, 15) is 9.59 Å². The van der Waals surface area contributed by atoms with E-state index in [2.05, 4.69) is 0 Å². The lowest BCUT2D eigenvalue weighted by atomic mass is 10.2. The standard InChI is InChI=1S/C28H30O8/c29-21-23-5-9-25(10-6-23)33-17-13-31-15-19-35-27-3-1-2-4-28(27)36-20-16-32-14-18-34-26-11-7-24(22-30)8-12-26/h1-12,21-22H,13-20H2. The molecule has 3 aromatic rings. The average Bonchev–Trinajstić information content (AvgIpc) is 2.93. The van der Waals surface area contributed by atoms with E-state index in [1.807, 2.05) is 24.3 Å². The third-order valence-corrected chi connectivity index (χ3v) is 4.84. The van der Waals surface area contributed by atoms with Gasteiger partial charge in [0.1, 0.15) is 50.5 Å². The number of carbonyl (C=O) groups is 2.